The lowest BCUT2D eigenvalue weighted by molar-refractivity contribution is 0.225. The van der Waals surface area contributed by atoms with Crippen LogP contribution in [0.5, 0.6) is 28.7 Å². The molecule has 0 amide bonds. The van der Waals surface area contributed by atoms with Crippen LogP contribution in [0.4, 0.5) is 0 Å². The fraction of sp³-hybridized carbons (Fsp3) is 0.714. The molecule has 0 aliphatic heterocycles. The molecule has 2 N–H and O–H groups in total. The molecule has 0 saturated heterocycles. The van der Waals surface area contributed by atoms with Crippen LogP contribution in [-0.2, 0) is 6.42 Å². The molecule has 0 unspecified atom stereocenters. The molecule has 0 fully saturated rings. The standard InChI is InChI=1S/C21H36O5/c1-5-9-13-24-19-16(12-8-4)17(22)18(23)20(25-14-10-6-2)21(19)26-15-11-7-3/h22-23H,5-15H2,1-4H3. The van der Waals surface area contributed by atoms with Crippen LogP contribution >= 0.6 is 0 Å². The normalized spacial score (nSPS) is 10.8. The summed E-state index contributed by atoms with van der Waals surface area (Å²) in [4.78, 5) is 0. The van der Waals surface area contributed by atoms with Gasteiger partial charge in [-0.1, -0.05) is 53.4 Å². The predicted molar refractivity (Wildman–Crippen MR) is 105 cm³/mol. The third-order valence-corrected chi connectivity index (χ3v) is 4.14. The number of hydrogen-bond acceptors (Lipinski definition) is 5. The fourth-order valence-electron chi connectivity index (χ4n) is 2.56. The molecule has 5 nitrogen and oxygen atoms in total. The third kappa shape index (κ3) is 6.19. The average Bonchev–Trinajstić information content (AvgIpc) is 2.64. The van der Waals surface area contributed by atoms with Crippen molar-refractivity contribution in [1.29, 1.82) is 0 Å². The molecule has 1 rings (SSSR count). The van der Waals surface area contributed by atoms with Gasteiger partial charge >= 0.3 is 0 Å². The van der Waals surface area contributed by atoms with E-state index in [9.17, 15) is 10.2 Å². The molecule has 0 aliphatic rings. The van der Waals surface area contributed by atoms with Gasteiger partial charge < -0.3 is 24.4 Å². The zero-order valence-electron chi connectivity index (χ0n) is 16.9. The second-order valence-electron chi connectivity index (χ2n) is 6.52. The molecule has 0 saturated carbocycles. The van der Waals surface area contributed by atoms with Crippen molar-refractivity contribution in [2.24, 2.45) is 0 Å². The number of hydrogen-bond donors (Lipinski definition) is 2. The first-order chi connectivity index (χ1) is 12.6. The van der Waals surface area contributed by atoms with Gasteiger partial charge in [-0.15, -0.1) is 0 Å². The second kappa shape index (κ2) is 12.6. The van der Waals surface area contributed by atoms with Gasteiger partial charge in [-0.05, 0) is 25.7 Å². The van der Waals surface area contributed by atoms with Gasteiger partial charge in [0.05, 0.1) is 19.8 Å². The lowest BCUT2D eigenvalue weighted by Gasteiger charge is -2.22. The van der Waals surface area contributed by atoms with Gasteiger partial charge in [0.2, 0.25) is 17.2 Å². The van der Waals surface area contributed by atoms with Gasteiger partial charge in [-0.2, -0.15) is 0 Å². The van der Waals surface area contributed by atoms with E-state index >= 15 is 0 Å². The second-order valence-corrected chi connectivity index (χ2v) is 6.52. The summed E-state index contributed by atoms with van der Waals surface area (Å²) in [5.74, 6) is 0.715. The maximum absolute atomic E-state index is 10.5. The number of aromatic hydroxyl groups is 2. The van der Waals surface area contributed by atoms with Crippen LogP contribution in [0.1, 0.15) is 78.2 Å². The number of phenolic OH excluding ortho intramolecular Hbond substituents is 2. The first-order valence-electron chi connectivity index (χ1n) is 10.1. The minimum atomic E-state index is -0.251. The number of phenols is 2. The average molecular weight is 369 g/mol. The Hall–Kier alpha value is -1.78. The van der Waals surface area contributed by atoms with Crippen LogP contribution in [0.3, 0.4) is 0 Å². The highest BCUT2D eigenvalue weighted by Crippen LogP contribution is 2.53. The molecular weight excluding hydrogens is 332 g/mol. The Bertz CT molecular complexity index is 528. The van der Waals surface area contributed by atoms with Crippen LogP contribution in [0, 0.1) is 0 Å². The van der Waals surface area contributed by atoms with Gasteiger partial charge in [0.1, 0.15) is 0 Å². The third-order valence-electron chi connectivity index (χ3n) is 4.14. The lowest BCUT2D eigenvalue weighted by Crippen LogP contribution is -2.08. The molecule has 0 aliphatic carbocycles. The molecule has 0 heterocycles. The molecule has 0 spiro atoms. The number of unbranched alkanes of at least 4 members (excludes halogenated alkanes) is 3. The molecule has 150 valence electrons. The van der Waals surface area contributed by atoms with Gasteiger partial charge in [0.25, 0.3) is 0 Å². The first-order valence-corrected chi connectivity index (χ1v) is 10.1. The molecule has 1 aromatic rings. The Morgan fingerprint density at radius 2 is 1.04 bits per heavy atom. The van der Waals surface area contributed by atoms with E-state index < -0.39 is 0 Å². The van der Waals surface area contributed by atoms with E-state index in [0.29, 0.717) is 43.3 Å². The van der Waals surface area contributed by atoms with E-state index in [0.717, 1.165) is 44.9 Å². The Morgan fingerprint density at radius 3 is 1.50 bits per heavy atom. The first kappa shape index (κ1) is 22.3. The van der Waals surface area contributed by atoms with Gasteiger partial charge in [-0.3, -0.25) is 0 Å². The molecule has 0 aromatic heterocycles. The van der Waals surface area contributed by atoms with Crippen LogP contribution < -0.4 is 14.2 Å². The van der Waals surface area contributed by atoms with Crippen LogP contribution in [-0.4, -0.2) is 30.0 Å². The molecule has 0 radical (unpaired) electrons. The van der Waals surface area contributed by atoms with Crippen molar-refractivity contribution in [3.05, 3.63) is 5.56 Å². The summed E-state index contributed by atoms with van der Waals surface area (Å²) in [6.07, 6.45) is 7.08. The van der Waals surface area contributed by atoms with Crippen molar-refractivity contribution in [3.8, 4) is 28.7 Å². The van der Waals surface area contributed by atoms with E-state index in [1.807, 2.05) is 6.92 Å². The Balaban J connectivity index is 3.34. The van der Waals surface area contributed by atoms with Crippen LogP contribution in [0.15, 0.2) is 0 Å². The molecular formula is C21H36O5. The molecule has 0 bridgehead atoms. The van der Waals surface area contributed by atoms with Crippen molar-refractivity contribution in [1.82, 2.24) is 0 Å². The zero-order valence-corrected chi connectivity index (χ0v) is 16.9. The van der Waals surface area contributed by atoms with Gasteiger partial charge in [0.15, 0.2) is 11.5 Å². The Kier molecular flexibility index (Phi) is 10.7. The van der Waals surface area contributed by atoms with E-state index in [1.165, 1.54) is 0 Å². The topological polar surface area (TPSA) is 68.2 Å². The molecule has 5 heteroatoms. The van der Waals surface area contributed by atoms with E-state index in [2.05, 4.69) is 20.8 Å². The van der Waals surface area contributed by atoms with Crippen molar-refractivity contribution >= 4 is 0 Å². The summed E-state index contributed by atoms with van der Waals surface area (Å²) in [5, 5.41) is 21.1. The number of benzene rings is 1. The Labute approximate surface area is 158 Å². The van der Waals surface area contributed by atoms with Crippen LogP contribution in [0.2, 0.25) is 0 Å². The van der Waals surface area contributed by atoms with E-state index in [4.69, 9.17) is 14.2 Å². The summed E-state index contributed by atoms with van der Waals surface area (Å²) in [5.41, 5.74) is 0.593. The number of rotatable bonds is 14. The fourth-order valence-corrected chi connectivity index (χ4v) is 2.56. The summed E-state index contributed by atoms with van der Waals surface area (Å²) < 4.78 is 17.8. The van der Waals surface area contributed by atoms with Gasteiger partial charge in [0, 0.05) is 5.56 Å². The summed E-state index contributed by atoms with van der Waals surface area (Å²) in [6, 6.07) is 0. The largest absolute Gasteiger partial charge is 0.504 e. The number of ether oxygens (including phenoxy) is 3. The maximum Gasteiger partial charge on any atom is 0.211 e. The predicted octanol–water partition coefficient (Wildman–Crippen LogP) is 5.59. The van der Waals surface area contributed by atoms with E-state index in [-0.39, 0.29) is 17.2 Å². The van der Waals surface area contributed by atoms with Gasteiger partial charge in [-0.25, -0.2) is 0 Å². The molecule has 1 aromatic carbocycles. The van der Waals surface area contributed by atoms with Crippen molar-refractivity contribution < 1.29 is 24.4 Å². The van der Waals surface area contributed by atoms with Crippen molar-refractivity contribution in [2.75, 3.05) is 19.8 Å². The summed E-state index contributed by atoms with van der Waals surface area (Å²) >= 11 is 0. The quantitative estimate of drug-likeness (QED) is 0.331. The highest BCUT2D eigenvalue weighted by atomic mass is 16.5. The van der Waals surface area contributed by atoms with Crippen LogP contribution in [0.25, 0.3) is 0 Å². The van der Waals surface area contributed by atoms with Crippen molar-refractivity contribution in [2.45, 2.75) is 79.1 Å². The monoisotopic (exact) mass is 368 g/mol. The Morgan fingerprint density at radius 1 is 0.577 bits per heavy atom. The smallest absolute Gasteiger partial charge is 0.211 e. The highest BCUT2D eigenvalue weighted by molar-refractivity contribution is 5.69. The summed E-state index contributed by atoms with van der Waals surface area (Å²) in [6.45, 7) is 9.80. The zero-order chi connectivity index (χ0) is 19.4. The highest BCUT2D eigenvalue weighted by Gasteiger charge is 2.27. The SMILES string of the molecule is CCCCOc1c(O)c(O)c(CCC)c(OCCCC)c1OCCCC. The maximum atomic E-state index is 10.5. The summed E-state index contributed by atoms with van der Waals surface area (Å²) in [7, 11) is 0. The minimum Gasteiger partial charge on any atom is -0.504 e. The molecule has 0 atom stereocenters. The lowest BCUT2D eigenvalue weighted by atomic mass is 10.0. The molecule has 26 heavy (non-hydrogen) atoms. The van der Waals surface area contributed by atoms with Crippen molar-refractivity contribution in [3.63, 3.8) is 0 Å². The minimum absolute atomic E-state index is 0.160. The van der Waals surface area contributed by atoms with E-state index in [1.54, 1.807) is 0 Å².